The van der Waals surface area contributed by atoms with E-state index in [1.807, 2.05) is 18.2 Å². The molecule has 1 heterocycles. The van der Waals surface area contributed by atoms with Crippen molar-refractivity contribution in [3.05, 3.63) is 24.3 Å². The van der Waals surface area contributed by atoms with Gasteiger partial charge in [-0.25, -0.2) is 12.7 Å². The van der Waals surface area contributed by atoms with E-state index in [1.54, 1.807) is 6.07 Å². The van der Waals surface area contributed by atoms with Crippen LogP contribution < -0.4 is 5.73 Å². The van der Waals surface area contributed by atoms with E-state index in [-0.39, 0.29) is 11.9 Å². The van der Waals surface area contributed by atoms with Crippen LogP contribution in [0.4, 0.5) is 5.69 Å². The third-order valence-electron chi connectivity index (χ3n) is 3.28. The lowest BCUT2D eigenvalue weighted by atomic mass is 10.1. The van der Waals surface area contributed by atoms with Crippen LogP contribution >= 0.6 is 11.8 Å². The summed E-state index contributed by atoms with van der Waals surface area (Å²) in [6, 6.07) is 7.43. The largest absolute Gasteiger partial charge is 0.399 e. The van der Waals surface area contributed by atoms with Crippen molar-refractivity contribution in [2.75, 3.05) is 30.3 Å². The van der Waals surface area contributed by atoms with Crippen molar-refractivity contribution in [3.8, 4) is 0 Å². The molecule has 20 heavy (non-hydrogen) atoms. The van der Waals surface area contributed by atoms with E-state index < -0.39 is 10.0 Å². The summed E-state index contributed by atoms with van der Waals surface area (Å²) in [4.78, 5) is 0.981. The van der Waals surface area contributed by atoms with Gasteiger partial charge < -0.3 is 10.8 Å². The molecular weight excluding hydrogens is 296 g/mol. The Kier molecular flexibility index (Phi) is 5.31. The molecule has 0 aliphatic carbocycles. The second kappa shape index (κ2) is 6.80. The minimum Gasteiger partial charge on any atom is -0.399 e. The van der Waals surface area contributed by atoms with Gasteiger partial charge in [0.05, 0.1) is 11.9 Å². The summed E-state index contributed by atoms with van der Waals surface area (Å²) in [5, 5.41) is 9.41. The molecule has 2 rings (SSSR count). The molecule has 1 fully saturated rings. The molecule has 0 atom stereocenters. The number of thioether (sulfide) groups is 1. The molecule has 0 spiro atoms. The lowest BCUT2D eigenvalue weighted by Crippen LogP contribution is -2.41. The van der Waals surface area contributed by atoms with E-state index in [1.165, 1.54) is 16.1 Å². The molecule has 1 aliphatic heterocycles. The molecule has 7 heteroatoms. The highest BCUT2D eigenvalue weighted by Gasteiger charge is 2.26. The van der Waals surface area contributed by atoms with Gasteiger partial charge in [0.15, 0.2) is 0 Å². The van der Waals surface area contributed by atoms with Crippen LogP contribution in [-0.2, 0) is 10.0 Å². The van der Waals surface area contributed by atoms with Gasteiger partial charge in [-0.3, -0.25) is 0 Å². The van der Waals surface area contributed by atoms with Crippen LogP contribution in [0.5, 0.6) is 0 Å². The maximum atomic E-state index is 12.2. The van der Waals surface area contributed by atoms with E-state index in [2.05, 4.69) is 0 Å². The number of piperidine rings is 1. The Morgan fingerprint density at radius 1 is 1.35 bits per heavy atom. The fraction of sp³-hybridized carbons (Fsp3) is 0.538. The van der Waals surface area contributed by atoms with Crippen LogP contribution in [0.15, 0.2) is 29.2 Å². The molecule has 0 amide bonds. The Bertz CT molecular complexity index is 540. The summed E-state index contributed by atoms with van der Waals surface area (Å²) >= 11 is 1.49. The van der Waals surface area contributed by atoms with Crippen molar-refractivity contribution in [3.63, 3.8) is 0 Å². The number of aliphatic hydroxyl groups is 1. The third kappa shape index (κ3) is 4.37. The topological polar surface area (TPSA) is 83.6 Å². The van der Waals surface area contributed by atoms with Gasteiger partial charge in [0, 0.05) is 29.4 Å². The zero-order valence-corrected chi connectivity index (χ0v) is 12.9. The SMILES string of the molecule is Nc1cccc(SCCS(=O)(=O)N2CCC(O)CC2)c1. The molecule has 0 saturated carbocycles. The molecule has 0 aromatic heterocycles. The molecule has 1 aromatic carbocycles. The molecule has 0 unspecified atom stereocenters. The lowest BCUT2D eigenvalue weighted by molar-refractivity contribution is 0.113. The summed E-state index contributed by atoms with van der Waals surface area (Å²) in [6.07, 6.45) is 0.700. The second-order valence-corrected chi connectivity index (χ2v) is 8.12. The number of rotatable bonds is 5. The molecule has 5 nitrogen and oxygen atoms in total. The lowest BCUT2D eigenvalue weighted by Gasteiger charge is -2.28. The first kappa shape index (κ1) is 15.6. The fourth-order valence-corrected chi connectivity index (χ4v) is 4.95. The van der Waals surface area contributed by atoms with Crippen molar-refractivity contribution in [2.45, 2.75) is 23.8 Å². The highest BCUT2D eigenvalue weighted by molar-refractivity contribution is 8.00. The smallest absolute Gasteiger partial charge is 0.214 e. The maximum absolute atomic E-state index is 12.2. The summed E-state index contributed by atoms with van der Waals surface area (Å²) in [5.74, 6) is 0.618. The standard InChI is InChI=1S/C13H20N2O3S2/c14-11-2-1-3-13(10-11)19-8-9-20(17,18)15-6-4-12(16)5-7-15/h1-3,10,12,16H,4-9,14H2. The highest BCUT2D eigenvalue weighted by atomic mass is 32.2. The molecule has 1 aromatic rings. The van der Waals surface area contributed by atoms with E-state index >= 15 is 0 Å². The van der Waals surface area contributed by atoms with E-state index in [4.69, 9.17) is 5.73 Å². The van der Waals surface area contributed by atoms with Crippen molar-refractivity contribution in [1.82, 2.24) is 4.31 Å². The molecule has 0 radical (unpaired) electrons. The van der Waals surface area contributed by atoms with Crippen LogP contribution in [0.2, 0.25) is 0 Å². The molecule has 1 saturated heterocycles. The second-order valence-electron chi connectivity index (χ2n) is 4.87. The minimum absolute atomic E-state index is 0.114. The Balaban J connectivity index is 1.83. The average molecular weight is 316 g/mol. The van der Waals surface area contributed by atoms with Crippen molar-refractivity contribution < 1.29 is 13.5 Å². The van der Waals surface area contributed by atoms with E-state index in [0.29, 0.717) is 37.4 Å². The first-order valence-corrected chi connectivity index (χ1v) is 9.21. The summed E-state index contributed by atoms with van der Waals surface area (Å²) in [5.41, 5.74) is 6.37. The molecule has 112 valence electrons. The first-order valence-electron chi connectivity index (χ1n) is 6.61. The van der Waals surface area contributed by atoms with Crippen molar-refractivity contribution >= 4 is 27.5 Å². The number of nitrogens with zero attached hydrogens (tertiary/aromatic N) is 1. The zero-order chi connectivity index (χ0) is 14.6. The van der Waals surface area contributed by atoms with Gasteiger partial charge in [-0.2, -0.15) is 0 Å². The normalized spacial score (nSPS) is 18.2. The Morgan fingerprint density at radius 3 is 2.70 bits per heavy atom. The van der Waals surface area contributed by atoms with Crippen LogP contribution in [0.25, 0.3) is 0 Å². The number of aliphatic hydroxyl groups excluding tert-OH is 1. The maximum Gasteiger partial charge on any atom is 0.214 e. The Labute approximate surface area is 124 Å². The minimum atomic E-state index is -3.22. The van der Waals surface area contributed by atoms with E-state index in [9.17, 15) is 13.5 Å². The molecule has 3 N–H and O–H groups in total. The number of hydrogen-bond acceptors (Lipinski definition) is 5. The average Bonchev–Trinajstić information content (AvgIpc) is 2.39. The van der Waals surface area contributed by atoms with Gasteiger partial charge in [0.25, 0.3) is 0 Å². The monoisotopic (exact) mass is 316 g/mol. The van der Waals surface area contributed by atoms with Crippen molar-refractivity contribution in [1.29, 1.82) is 0 Å². The fourth-order valence-electron chi connectivity index (χ4n) is 2.12. The third-order valence-corrected chi connectivity index (χ3v) is 6.41. The summed E-state index contributed by atoms with van der Waals surface area (Å²) in [6.45, 7) is 0.846. The zero-order valence-electron chi connectivity index (χ0n) is 11.2. The molecule has 0 bridgehead atoms. The number of anilines is 1. The van der Waals surface area contributed by atoms with Crippen LogP contribution in [-0.4, -0.2) is 48.5 Å². The van der Waals surface area contributed by atoms with Crippen molar-refractivity contribution in [2.24, 2.45) is 0 Å². The van der Waals surface area contributed by atoms with Crippen LogP contribution in [0.3, 0.4) is 0 Å². The predicted octanol–water partition coefficient (Wildman–Crippen LogP) is 1.15. The number of nitrogen functional groups attached to an aromatic ring is 1. The Hall–Kier alpha value is -0.760. The quantitative estimate of drug-likeness (QED) is 0.629. The number of hydrogen-bond donors (Lipinski definition) is 2. The summed E-state index contributed by atoms with van der Waals surface area (Å²) in [7, 11) is -3.22. The highest BCUT2D eigenvalue weighted by Crippen LogP contribution is 2.21. The Morgan fingerprint density at radius 2 is 2.05 bits per heavy atom. The van der Waals surface area contributed by atoms with Gasteiger partial charge in [-0.15, -0.1) is 11.8 Å². The molecular formula is C13H20N2O3S2. The van der Waals surface area contributed by atoms with Gasteiger partial charge in [-0.05, 0) is 31.0 Å². The number of benzene rings is 1. The predicted molar refractivity (Wildman–Crippen MR) is 82.2 cm³/mol. The summed E-state index contributed by atoms with van der Waals surface area (Å²) < 4.78 is 25.8. The van der Waals surface area contributed by atoms with Gasteiger partial charge >= 0.3 is 0 Å². The van der Waals surface area contributed by atoms with Gasteiger partial charge in [0.1, 0.15) is 0 Å². The first-order chi connectivity index (χ1) is 9.47. The van der Waals surface area contributed by atoms with Crippen LogP contribution in [0.1, 0.15) is 12.8 Å². The number of sulfonamides is 1. The van der Waals surface area contributed by atoms with Gasteiger partial charge in [0.2, 0.25) is 10.0 Å². The van der Waals surface area contributed by atoms with Crippen LogP contribution in [0, 0.1) is 0 Å². The number of nitrogens with two attached hydrogens (primary N) is 1. The molecule has 1 aliphatic rings. The van der Waals surface area contributed by atoms with E-state index in [0.717, 1.165) is 4.90 Å². The van der Waals surface area contributed by atoms with Gasteiger partial charge in [-0.1, -0.05) is 6.07 Å².